The molecule has 0 unspecified atom stereocenters. The molecule has 8 heteroatoms. The molecule has 1 aliphatic heterocycles. The quantitative estimate of drug-likeness (QED) is 0.441. The number of methoxy groups -OCH3 is 1. The highest BCUT2D eigenvalue weighted by molar-refractivity contribution is 8.27. The number of thioether (sulfide) groups is 1. The number of aromatic carboxylic acids is 1. The number of anilines is 1. The van der Waals surface area contributed by atoms with E-state index < -0.39 is 5.97 Å². The molecule has 1 amide bonds. The van der Waals surface area contributed by atoms with E-state index in [-0.39, 0.29) is 11.5 Å². The summed E-state index contributed by atoms with van der Waals surface area (Å²) in [4.78, 5) is 26.0. The van der Waals surface area contributed by atoms with E-state index in [9.17, 15) is 9.59 Å². The Morgan fingerprint density at radius 2 is 1.93 bits per heavy atom. The van der Waals surface area contributed by atoms with Gasteiger partial charge in [-0.05, 0) is 48.5 Å². The first kappa shape index (κ1) is 19.9. The third-order valence-corrected chi connectivity index (χ3v) is 5.72. The third-order valence-electron chi connectivity index (χ3n) is 4.42. The third kappa shape index (κ3) is 3.87. The molecule has 0 aliphatic carbocycles. The molecular formula is C22H15NO5S2. The van der Waals surface area contributed by atoms with Crippen molar-refractivity contribution in [3.8, 4) is 17.1 Å². The minimum atomic E-state index is -1.01. The van der Waals surface area contributed by atoms with Crippen molar-refractivity contribution in [3.63, 3.8) is 0 Å². The summed E-state index contributed by atoms with van der Waals surface area (Å²) in [6, 6.07) is 17.0. The summed E-state index contributed by atoms with van der Waals surface area (Å²) in [6.45, 7) is 0. The molecule has 1 N–H and O–H groups in total. The second kappa shape index (κ2) is 8.17. The zero-order chi connectivity index (χ0) is 21.3. The van der Waals surface area contributed by atoms with Crippen LogP contribution < -0.4 is 9.64 Å². The summed E-state index contributed by atoms with van der Waals surface area (Å²) < 4.78 is 11.4. The standard InChI is InChI=1S/C22H15NO5S2/c1-27-16-7-5-15(6-8-16)23-20(24)19(30-22(23)29)12-17-9-10-18(28-17)13-3-2-4-14(11-13)21(25)26/h2-12H,1H3,(H,25,26)/b19-12-. The number of thiocarbonyl (C=S) groups is 1. The first-order valence-corrected chi connectivity index (χ1v) is 10.0. The van der Waals surface area contributed by atoms with E-state index in [1.807, 2.05) is 0 Å². The van der Waals surface area contributed by atoms with Gasteiger partial charge in [-0.2, -0.15) is 0 Å². The van der Waals surface area contributed by atoms with Gasteiger partial charge in [0.25, 0.3) is 5.91 Å². The molecule has 0 bridgehead atoms. The van der Waals surface area contributed by atoms with Crippen LogP contribution in [0.5, 0.6) is 5.75 Å². The average Bonchev–Trinajstić information content (AvgIpc) is 3.33. The van der Waals surface area contributed by atoms with Crippen molar-refractivity contribution in [2.75, 3.05) is 12.0 Å². The van der Waals surface area contributed by atoms with Gasteiger partial charge in [0, 0.05) is 11.6 Å². The van der Waals surface area contributed by atoms with E-state index in [4.69, 9.17) is 26.5 Å². The summed E-state index contributed by atoms with van der Waals surface area (Å²) >= 11 is 6.58. The van der Waals surface area contributed by atoms with Gasteiger partial charge in [-0.25, -0.2) is 4.79 Å². The lowest BCUT2D eigenvalue weighted by molar-refractivity contribution is -0.113. The van der Waals surface area contributed by atoms with E-state index in [1.165, 1.54) is 28.8 Å². The van der Waals surface area contributed by atoms with Gasteiger partial charge in [-0.1, -0.05) is 36.1 Å². The maximum atomic E-state index is 12.9. The zero-order valence-corrected chi connectivity index (χ0v) is 17.3. The number of hydrogen-bond acceptors (Lipinski definition) is 6. The smallest absolute Gasteiger partial charge is 0.335 e. The first-order chi connectivity index (χ1) is 14.5. The van der Waals surface area contributed by atoms with Crippen molar-refractivity contribution in [2.24, 2.45) is 0 Å². The maximum absolute atomic E-state index is 12.9. The molecule has 150 valence electrons. The largest absolute Gasteiger partial charge is 0.497 e. The van der Waals surface area contributed by atoms with Gasteiger partial charge < -0.3 is 14.3 Å². The van der Waals surface area contributed by atoms with Crippen LogP contribution in [0, 0.1) is 0 Å². The topological polar surface area (TPSA) is 80.0 Å². The number of carbonyl (C=O) groups excluding carboxylic acids is 1. The number of carboxylic acids is 1. The SMILES string of the molecule is COc1ccc(N2C(=O)/C(=C/c3ccc(-c4cccc(C(=O)O)c4)o3)SC2=S)cc1. The molecule has 0 radical (unpaired) electrons. The monoisotopic (exact) mass is 437 g/mol. The van der Waals surface area contributed by atoms with Crippen LogP contribution in [-0.4, -0.2) is 28.4 Å². The van der Waals surface area contributed by atoms with Crippen molar-refractivity contribution in [1.29, 1.82) is 0 Å². The Morgan fingerprint density at radius 3 is 2.63 bits per heavy atom. The highest BCUT2D eigenvalue weighted by Crippen LogP contribution is 2.37. The molecule has 0 atom stereocenters. The van der Waals surface area contributed by atoms with Crippen molar-refractivity contribution in [2.45, 2.75) is 0 Å². The van der Waals surface area contributed by atoms with Gasteiger partial charge in [-0.15, -0.1) is 0 Å². The van der Waals surface area contributed by atoms with Crippen molar-refractivity contribution in [1.82, 2.24) is 0 Å². The van der Waals surface area contributed by atoms with Crippen LogP contribution in [-0.2, 0) is 4.79 Å². The molecule has 1 saturated heterocycles. The van der Waals surface area contributed by atoms with Gasteiger partial charge in [0.2, 0.25) is 0 Å². The number of carbonyl (C=O) groups is 2. The van der Waals surface area contributed by atoms with E-state index in [2.05, 4.69) is 0 Å². The van der Waals surface area contributed by atoms with Crippen LogP contribution in [0.4, 0.5) is 5.69 Å². The fourth-order valence-electron chi connectivity index (χ4n) is 2.94. The summed E-state index contributed by atoms with van der Waals surface area (Å²) in [5.74, 6) is 0.428. The minimum Gasteiger partial charge on any atom is -0.497 e. The first-order valence-electron chi connectivity index (χ1n) is 8.82. The lowest BCUT2D eigenvalue weighted by Crippen LogP contribution is -2.27. The van der Waals surface area contributed by atoms with Crippen molar-refractivity contribution in [3.05, 3.63) is 76.9 Å². The number of amides is 1. The summed E-state index contributed by atoms with van der Waals surface area (Å²) in [7, 11) is 1.58. The summed E-state index contributed by atoms with van der Waals surface area (Å²) in [5.41, 5.74) is 1.47. The van der Waals surface area contributed by atoms with E-state index in [1.54, 1.807) is 61.7 Å². The van der Waals surface area contributed by atoms with Gasteiger partial charge in [0.1, 0.15) is 17.3 Å². The van der Waals surface area contributed by atoms with Crippen LogP contribution in [0.25, 0.3) is 17.4 Å². The molecule has 0 spiro atoms. The van der Waals surface area contributed by atoms with E-state index >= 15 is 0 Å². The predicted octanol–water partition coefficient (Wildman–Crippen LogP) is 5.06. The Morgan fingerprint density at radius 1 is 1.17 bits per heavy atom. The number of hydrogen-bond donors (Lipinski definition) is 1. The lowest BCUT2D eigenvalue weighted by Gasteiger charge is -2.14. The number of furan rings is 1. The van der Waals surface area contributed by atoms with Gasteiger partial charge in [0.15, 0.2) is 4.32 Å². The Kier molecular flexibility index (Phi) is 5.43. The molecule has 1 aliphatic rings. The molecule has 6 nitrogen and oxygen atoms in total. The molecule has 30 heavy (non-hydrogen) atoms. The molecule has 4 rings (SSSR count). The zero-order valence-electron chi connectivity index (χ0n) is 15.7. The Bertz CT molecular complexity index is 1180. The molecular weight excluding hydrogens is 422 g/mol. The Hall–Kier alpha value is -3.36. The summed E-state index contributed by atoms with van der Waals surface area (Å²) in [5, 5.41) is 9.15. The average molecular weight is 437 g/mol. The van der Waals surface area contributed by atoms with Gasteiger partial charge in [-0.3, -0.25) is 9.69 Å². The second-order valence-electron chi connectivity index (χ2n) is 6.30. The van der Waals surface area contributed by atoms with Crippen LogP contribution >= 0.6 is 24.0 Å². The van der Waals surface area contributed by atoms with E-state index in [0.717, 1.165) is 0 Å². The molecule has 1 aromatic heterocycles. The van der Waals surface area contributed by atoms with Crippen molar-refractivity contribution >= 4 is 51.9 Å². The Labute approximate surface area is 181 Å². The number of rotatable bonds is 5. The molecule has 2 aromatic carbocycles. The van der Waals surface area contributed by atoms with Gasteiger partial charge in [0.05, 0.1) is 23.3 Å². The molecule has 1 fully saturated rings. The normalized spacial score (nSPS) is 15.1. The number of ether oxygens (including phenoxy) is 1. The highest BCUT2D eigenvalue weighted by atomic mass is 32.2. The number of carboxylic acid groups (broad SMARTS) is 1. The highest BCUT2D eigenvalue weighted by Gasteiger charge is 2.33. The fraction of sp³-hybridized carbons (Fsp3) is 0.0455. The molecule has 2 heterocycles. The van der Waals surface area contributed by atoms with E-state index in [0.29, 0.717) is 37.7 Å². The number of nitrogens with zero attached hydrogens (tertiary/aromatic N) is 1. The minimum absolute atomic E-state index is 0.172. The van der Waals surface area contributed by atoms with Crippen LogP contribution in [0.15, 0.2) is 70.0 Å². The van der Waals surface area contributed by atoms with Crippen LogP contribution in [0.2, 0.25) is 0 Å². The lowest BCUT2D eigenvalue weighted by atomic mass is 10.1. The molecule has 0 saturated carbocycles. The van der Waals surface area contributed by atoms with Crippen molar-refractivity contribution < 1.29 is 23.8 Å². The van der Waals surface area contributed by atoms with Crippen LogP contribution in [0.3, 0.4) is 0 Å². The Balaban J connectivity index is 1.58. The fourth-order valence-corrected chi connectivity index (χ4v) is 4.22. The maximum Gasteiger partial charge on any atom is 0.335 e. The predicted molar refractivity (Wildman–Crippen MR) is 120 cm³/mol. The number of benzene rings is 2. The second-order valence-corrected chi connectivity index (χ2v) is 7.98. The van der Waals surface area contributed by atoms with Gasteiger partial charge >= 0.3 is 5.97 Å². The molecule has 3 aromatic rings. The van der Waals surface area contributed by atoms with Crippen LogP contribution in [0.1, 0.15) is 16.1 Å². The summed E-state index contributed by atoms with van der Waals surface area (Å²) in [6.07, 6.45) is 1.63.